The smallest absolute Gasteiger partial charge is 0.130 e. The predicted molar refractivity (Wildman–Crippen MR) is 94.2 cm³/mol. The van der Waals surface area contributed by atoms with Gasteiger partial charge in [-0.1, -0.05) is 30.3 Å². The Labute approximate surface area is 142 Å². The van der Waals surface area contributed by atoms with Gasteiger partial charge in [0.2, 0.25) is 0 Å². The van der Waals surface area contributed by atoms with E-state index in [0.717, 1.165) is 17.9 Å². The maximum atomic E-state index is 13.3. The highest BCUT2D eigenvalue weighted by molar-refractivity contribution is 5.31. The lowest BCUT2D eigenvalue weighted by Crippen LogP contribution is -2.24. The van der Waals surface area contributed by atoms with Crippen molar-refractivity contribution in [1.29, 1.82) is 0 Å². The third-order valence-corrected chi connectivity index (χ3v) is 4.40. The Kier molecular flexibility index (Phi) is 4.76. The molecule has 24 heavy (non-hydrogen) atoms. The minimum Gasteiger partial charge on any atom is -0.336 e. The summed E-state index contributed by atoms with van der Waals surface area (Å²) in [5.74, 6) is 0.678. The zero-order valence-corrected chi connectivity index (χ0v) is 14.3. The van der Waals surface area contributed by atoms with Crippen LogP contribution in [0.3, 0.4) is 0 Å². The Hall–Kier alpha value is -2.46. The van der Waals surface area contributed by atoms with Crippen molar-refractivity contribution in [3.8, 4) is 0 Å². The van der Waals surface area contributed by atoms with Gasteiger partial charge in [0.25, 0.3) is 0 Å². The molecular weight excluding hydrogens is 301 g/mol. The average Bonchev–Trinajstić information content (AvgIpc) is 2.99. The van der Waals surface area contributed by atoms with Gasteiger partial charge in [0, 0.05) is 26.0 Å². The first-order valence-electron chi connectivity index (χ1n) is 8.07. The summed E-state index contributed by atoms with van der Waals surface area (Å²) in [6.07, 6.45) is 3.70. The predicted octanol–water partition coefficient (Wildman–Crippen LogP) is 4.06. The van der Waals surface area contributed by atoms with Crippen molar-refractivity contribution >= 4 is 0 Å². The molecule has 1 atom stereocenters. The Morgan fingerprint density at radius 3 is 2.46 bits per heavy atom. The molecule has 0 bridgehead atoms. The zero-order chi connectivity index (χ0) is 17.1. The molecule has 0 aliphatic heterocycles. The van der Waals surface area contributed by atoms with E-state index in [2.05, 4.69) is 42.3 Å². The Morgan fingerprint density at radius 1 is 1.08 bits per heavy atom. The second-order valence-electron chi connectivity index (χ2n) is 6.18. The van der Waals surface area contributed by atoms with E-state index in [4.69, 9.17) is 0 Å². The van der Waals surface area contributed by atoms with Crippen LogP contribution in [-0.4, -0.2) is 9.55 Å². The highest BCUT2D eigenvalue weighted by atomic mass is 19.1. The average molecular weight is 323 g/mol. The molecule has 1 heterocycles. The summed E-state index contributed by atoms with van der Waals surface area (Å²) in [7, 11) is 1.97. The molecule has 1 aromatic heterocycles. The standard InChI is InChI=1S/C20H22FN3/c1-14-4-5-16(12-15(14)2)13-23-19(20-22-10-11-24(20)3)17-6-8-18(21)9-7-17/h4-12,19,23H,13H2,1-3H3/t19-/m0/s1. The minimum absolute atomic E-state index is 0.0905. The summed E-state index contributed by atoms with van der Waals surface area (Å²) in [6, 6.07) is 13.0. The van der Waals surface area contributed by atoms with Gasteiger partial charge in [-0.15, -0.1) is 0 Å². The van der Waals surface area contributed by atoms with Crippen LogP contribution < -0.4 is 5.32 Å². The Bertz CT molecular complexity index is 821. The van der Waals surface area contributed by atoms with Crippen LogP contribution in [0.25, 0.3) is 0 Å². The molecule has 3 rings (SSSR count). The fraction of sp³-hybridized carbons (Fsp3) is 0.250. The molecule has 0 fully saturated rings. The van der Waals surface area contributed by atoms with Gasteiger partial charge >= 0.3 is 0 Å². The first kappa shape index (κ1) is 16.4. The van der Waals surface area contributed by atoms with E-state index in [1.165, 1.54) is 28.8 Å². The second kappa shape index (κ2) is 6.97. The molecular formula is C20H22FN3. The molecule has 0 radical (unpaired) electrons. The second-order valence-corrected chi connectivity index (χ2v) is 6.18. The molecule has 0 aliphatic carbocycles. The lowest BCUT2D eigenvalue weighted by molar-refractivity contribution is 0.555. The summed E-state index contributed by atoms with van der Waals surface area (Å²) in [5.41, 5.74) is 4.79. The van der Waals surface area contributed by atoms with Crippen LogP contribution in [-0.2, 0) is 13.6 Å². The van der Waals surface area contributed by atoms with E-state index < -0.39 is 0 Å². The zero-order valence-electron chi connectivity index (χ0n) is 14.3. The van der Waals surface area contributed by atoms with E-state index in [1.807, 2.05) is 29.9 Å². The van der Waals surface area contributed by atoms with Crippen LogP contribution in [0.1, 0.15) is 34.1 Å². The van der Waals surface area contributed by atoms with Gasteiger partial charge in [-0.25, -0.2) is 9.37 Å². The molecule has 1 N–H and O–H groups in total. The summed E-state index contributed by atoms with van der Waals surface area (Å²) >= 11 is 0. The van der Waals surface area contributed by atoms with Gasteiger partial charge in [-0.2, -0.15) is 0 Å². The molecule has 0 amide bonds. The molecule has 0 saturated carbocycles. The number of nitrogens with one attached hydrogen (secondary N) is 1. The molecule has 4 heteroatoms. The van der Waals surface area contributed by atoms with Crippen molar-refractivity contribution in [2.24, 2.45) is 7.05 Å². The van der Waals surface area contributed by atoms with Gasteiger partial charge in [-0.05, 0) is 48.2 Å². The third kappa shape index (κ3) is 3.54. The van der Waals surface area contributed by atoms with E-state index in [0.29, 0.717) is 0 Å². The van der Waals surface area contributed by atoms with E-state index in [-0.39, 0.29) is 11.9 Å². The van der Waals surface area contributed by atoms with E-state index in [1.54, 1.807) is 6.20 Å². The van der Waals surface area contributed by atoms with Crippen molar-refractivity contribution < 1.29 is 4.39 Å². The number of hydrogen-bond acceptors (Lipinski definition) is 2. The number of halogens is 1. The fourth-order valence-corrected chi connectivity index (χ4v) is 2.80. The monoisotopic (exact) mass is 323 g/mol. The number of imidazole rings is 1. The van der Waals surface area contributed by atoms with Crippen LogP contribution in [0.15, 0.2) is 54.9 Å². The molecule has 0 unspecified atom stereocenters. The van der Waals surface area contributed by atoms with Crippen molar-refractivity contribution in [1.82, 2.24) is 14.9 Å². The molecule has 0 spiro atoms. The molecule has 124 valence electrons. The summed E-state index contributed by atoms with van der Waals surface area (Å²) in [4.78, 5) is 4.47. The molecule has 2 aromatic carbocycles. The normalized spacial score (nSPS) is 12.3. The molecule has 3 aromatic rings. The van der Waals surface area contributed by atoms with E-state index in [9.17, 15) is 4.39 Å². The fourth-order valence-electron chi connectivity index (χ4n) is 2.80. The van der Waals surface area contributed by atoms with Crippen molar-refractivity contribution in [3.63, 3.8) is 0 Å². The third-order valence-electron chi connectivity index (χ3n) is 4.40. The number of nitrogens with zero attached hydrogens (tertiary/aromatic N) is 2. The first-order chi connectivity index (χ1) is 11.5. The largest absolute Gasteiger partial charge is 0.336 e. The number of rotatable bonds is 5. The number of aromatic nitrogens is 2. The Morgan fingerprint density at radius 2 is 1.83 bits per heavy atom. The minimum atomic E-state index is -0.230. The lowest BCUT2D eigenvalue weighted by Gasteiger charge is -2.19. The van der Waals surface area contributed by atoms with Crippen LogP contribution >= 0.6 is 0 Å². The molecule has 0 saturated heterocycles. The maximum absolute atomic E-state index is 13.3. The summed E-state index contributed by atoms with van der Waals surface area (Å²) in [5, 5.41) is 3.56. The SMILES string of the molecule is Cc1ccc(CN[C@@H](c2ccc(F)cc2)c2nccn2C)cc1C. The van der Waals surface area contributed by atoms with Crippen molar-refractivity contribution in [2.45, 2.75) is 26.4 Å². The van der Waals surface area contributed by atoms with Crippen LogP contribution in [0, 0.1) is 19.7 Å². The highest BCUT2D eigenvalue weighted by Gasteiger charge is 2.18. The van der Waals surface area contributed by atoms with Crippen LogP contribution in [0.4, 0.5) is 4.39 Å². The highest BCUT2D eigenvalue weighted by Crippen LogP contribution is 2.22. The maximum Gasteiger partial charge on any atom is 0.130 e. The van der Waals surface area contributed by atoms with Crippen LogP contribution in [0.5, 0.6) is 0 Å². The topological polar surface area (TPSA) is 29.9 Å². The summed E-state index contributed by atoms with van der Waals surface area (Å²) in [6.45, 7) is 4.95. The lowest BCUT2D eigenvalue weighted by atomic mass is 10.0. The van der Waals surface area contributed by atoms with E-state index >= 15 is 0 Å². The number of aryl methyl sites for hydroxylation is 3. The van der Waals surface area contributed by atoms with Gasteiger partial charge in [0.15, 0.2) is 0 Å². The summed E-state index contributed by atoms with van der Waals surface area (Å²) < 4.78 is 15.3. The number of hydrogen-bond donors (Lipinski definition) is 1. The quantitative estimate of drug-likeness (QED) is 0.767. The first-order valence-corrected chi connectivity index (χ1v) is 8.07. The number of benzene rings is 2. The van der Waals surface area contributed by atoms with Crippen molar-refractivity contribution in [3.05, 3.63) is 88.8 Å². The van der Waals surface area contributed by atoms with Crippen LogP contribution in [0.2, 0.25) is 0 Å². The van der Waals surface area contributed by atoms with Gasteiger partial charge in [0.1, 0.15) is 11.6 Å². The van der Waals surface area contributed by atoms with Crippen molar-refractivity contribution in [2.75, 3.05) is 0 Å². The molecule has 3 nitrogen and oxygen atoms in total. The van der Waals surface area contributed by atoms with Gasteiger partial charge in [-0.3, -0.25) is 5.32 Å². The Balaban J connectivity index is 1.86. The molecule has 0 aliphatic rings. The van der Waals surface area contributed by atoms with Gasteiger partial charge in [0.05, 0.1) is 6.04 Å². The van der Waals surface area contributed by atoms with Gasteiger partial charge < -0.3 is 4.57 Å².